The Morgan fingerprint density at radius 3 is 2.49 bits per heavy atom. The maximum absolute atomic E-state index is 12.4. The molecule has 0 bridgehead atoms. The lowest BCUT2D eigenvalue weighted by molar-refractivity contribution is -0.274. The quantitative estimate of drug-likeness (QED) is 0.258. The van der Waals surface area contributed by atoms with Crippen LogP contribution < -0.4 is 14.4 Å². The largest absolute Gasteiger partial charge is 0.573 e. The minimum atomic E-state index is -4.73. The van der Waals surface area contributed by atoms with Gasteiger partial charge in [-0.2, -0.15) is 10.2 Å². The second-order valence-corrected chi connectivity index (χ2v) is 9.74. The first-order valence-electron chi connectivity index (χ1n) is 12.2. The summed E-state index contributed by atoms with van der Waals surface area (Å²) >= 11 is 1.68. The van der Waals surface area contributed by atoms with Crippen molar-refractivity contribution in [2.45, 2.75) is 25.1 Å². The predicted octanol–water partition coefficient (Wildman–Crippen LogP) is 6.13. The van der Waals surface area contributed by atoms with Crippen LogP contribution in [0.1, 0.15) is 24.6 Å². The topological polar surface area (TPSA) is 77.1 Å². The van der Waals surface area contributed by atoms with Crippen molar-refractivity contribution in [1.29, 1.82) is 0 Å². The average Bonchev–Trinajstić information content (AvgIpc) is 3.44. The highest BCUT2D eigenvalue weighted by Gasteiger charge is 2.31. The molecule has 1 unspecified atom stereocenters. The normalized spacial score (nSPS) is 19.0. The SMILES string of the molecule is COc1ccc(N2CCCSC2=NN=CC2=CCC(c3ncn(-c4ccc(OC(F)(F)F)cc4)n3)C=C2)cc1. The number of anilines is 1. The highest BCUT2D eigenvalue weighted by molar-refractivity contribution is 8.14. The Kier molecular flexibility index (Phi) is 8.01. The van der Waals surface area contributed by atoms with E-state index >= 15 is 0 Å². The maximum Gasteiger partial charge on any atom is 0.573 e. The van der Waals surface area contributed by atoms with Crippen molar-refractivity contribution in [2.75, 3.05) is 24.3 Å². The zero-order valence-corrected chi connectivity index (χ0v) is 21.8. The van der Waals surface area contributed by atoms with Crippen LogP contribution in [-0.2, 0) is 0 Å². The maximum atomic E-state index is 12.4. The summed E-state index contributed by atoms with van der Waals surface area (Å²) in [5.41, 5.74) is 2.57. The number of hydrogen-bond acceptors (Lipinski definition) is 7. The summed E-state index contributed by atoms with van der Waals surface area (Å²) in [5, 5.41) is 14.2. The summed E-state index contributed by atoms with van der Waals surface area (Å²) in [5.74, 6) is 2.10. The van der Waals surface area contributed by atoms with Crippen LogP contribution >= 0.6 is 11.8 Å². The Bertz CT molecular complexity index is 1400. The third kappa shape index (κ3) is 6.88. The summed E-state index contributed by atoms with van der Waals surface area (Å²) in [6.45, 7) is 0.878. The number of nitrogens with zero attached hydrogens (tertiary/aromatic N) is 6. The Morgan fingerprint density at radius 2 is 1.79 bits per heavy atom. The Balaban J connectivity index is 1.19. The summed E-state index contributed by atoms with van der Waals surface area (Å²) in [6, 6.07) is 13.4. The highest BCUT2D eigenvalue weighted by Crippen LogP contribution is 2.28. The molecule has 1 aliphatic heterocycles. The number of ether oxygens (including phenoxy) is 2. The molecule has 0 spiro atoms. The second kappa shape index (κ2) is 11.8. The van der Waals surface area contributed by atoms with E-state index in [4.69, 9.17) is 4.74 Å². The number of hydrogen-bond donors (Lipinski definition) is 0. The Morgan fingerprint density at radius 1 is 1.05 bits per heavy atom. The minimum absolute atomic E-state index is 0.0259. The van der Waals surface area contributed by atoms with E-state index in [2.05, 4.69) is 29.9 Å². The van der Waals surface area contributed by atoms with Crippen LogP contribution in [0.25, 0.3) is 5.69 Å². The molecule has 8 nitrogen and oxygen atoms in total. The second-order valence-electron chi connectivity index (χ2n) is 8.67. The smallest absolute Gasteiger partial charge is 0.497 e. The van der Waals surface area contributed by atoms with Crippen LogP contribution in [0, 0.1) is 0 Å². The van der Waals surface area contributed by atoms with Crippen LogP contribution in [0.3, 0.4) is 0 Å². The van der Waals surface area contributed by atoms with Crippen LogP contribution in [0.4, 0.5) is 18.9 Å². The molecule has 1 saturated heterocycles. The van der Waals surface area contributed by atoms with Gasteiger partial charge in [0.15, 0.2) is 11.0 Å². The first-order chi connectivity index (χ1) is 18.9. The van der Waals surface area contributed by atoms with E-state index < -0.39 is 6.36 Å². The van der Waals surface area contributed by atoms with Gasteiger partial charge in [0.2, 0.25) is 0 Å². The van der Waals surface area contributed by atoms with Gasteiger partial charge < -0.3 is 14.4 Å². The number of halogens is 3. The lowest BCUT2D eigenvalue weighted by Gasteiger charge is -2.28. The number of methoxy groups -OCH3 is 1. The molecule has 202 valence electrons. The van der Waals surface area contributed by atoms with Crippen molar-refractivity contribution in [2.24, 2.45) is 10.2 Å². The number of benzene rings is 2. The molecular weight excluding hydrogens is 529 g/mol. The number of alkyl halides is 3. The zero-order chi connectivity index (χ0) is 27.2. The first kappa shape index (κ1) is 26.5. The zero-order valence-electron chi connectivity index (χ0n) is 21.0. The lowest BCUT2D eigenvalue weighted by Crippen LogP contribution is -2.33. The molecule has 0 N–H and O–H groups in total. The number of allylic oxidation sites excluding steroid dienone is 4. The molecule has 2 aliphatic rings. The molecule has 2 aromatic carbocycles. The average molecular weight is 555 g/mol. The van der Waals surface area contributed by atoms with Gasteiger partial charge in [0.1, 0.15) is 17.8 Å². The van der Waals surface area contributed by atoms with Crippen molar-refractivity contribution in [1.82, 2.24) is 14.8 Å². The third-order valence-electron chi connectivity index (χ3n) is 6.03. The fourth-order valence-electron chi connectivity index (χ4n) is 4.08. The molecule has 0 amide bonds. The van der Waals surface area contributed by atoms with E-state index in [9.17, 15) is 13.2 Å². The van der Waals surface area contributed by atoms with Gasteiger partial charge in [-0.1, -0.05) is 30.0 Å². The van der Waals surface area contributed by atoms with Crippen LogP contribution in [0.5, 0.6) is 11.5 Å². The highest BCUT2D eigenvalue weighted by atomic mass is 32.2. The molecule has 3 aromatic rings. The molecular formula is C27H25F3N6O2S. The van der Waals surface area contributed by atoms with Gasteiger partial charge in [-0.15, -0.1) is 18.3 Å². The summed E-state index contributed by atoms with van der Waals surface area (Å²) < 4.78 is 47.8. The van der Waals surface area contributed by atoms with Gasteiger partial charge in [0.25, 0.3) is 0 Å². The molecule has 39 heavy (non-hydrogen) atoms. The number of aromatic nitrogens is 3. The first-order valence-corrected chi connectivity index (χ1v) is 13.2. The predicted molar refractivity (Wildman–Crippen MR) is 146 cm³/mol. The van der Waals surface area contributed by atoms with Crippen molar-refractivity contribution in [3.63, 3.8) is 0 Å². The van der Waals surface area contributed by atoms with E-state index in [1.54, 1.807) is 25.1 Å². The number of thioether (sulfide) groups is 1. The Labute approximate surface area is 227 Å². The lowest BCUT2D eigenvalue weighted by atomic mass is 9.96. The van der Waals surface area contributed by atoms with E-state index in [-0.39, 0.29) is 11.7 Å². The molecule has 0 radical (unpaired) electrons. The van der Waals surface area contributed by atoms with E-state index in [1.807, 2.05) is 42.5 Å². The van der Waals surface area contributed by atoms with Crippen LogP contribution in [0.15, 0.2) is 88.9 Å². The van der Waals surface area contributed by atoms with Gasteiger partial charge in [0.05, 0.1) is 19.0 Å². The monoisotopic (exact) mass is 554 g/mol. The van der Waals surface area contributed by atoms with E-state index in [1.165, 1.54) is 35.3 Å². The molecule has 2 heterocycles. The molecule has 12 heteroatoms. The van der Waals surface area contributed by atoms with Gasteiger partial charge in [-0.25, -0.2) is 9.67 Å². The minimum Gasteiger partial charge on any atom is -0.497 e. The Hall–Kier alpha value is -4.06. The van der Waals surface area contributed by atoms with Crippen molar-refractivity contribution >= 4 is 28.8 Å². The van der Waals surface area contributed by atoms with Crippen LogP contribution in [0.2, 0.25) is 0 Å². The fraction of sp³-hybridized carbons (Fsp3) is 0.259. The standard InChI is InChI=1S/C27H25F3N6O2S/c1-37-23-11-7-21(8-12-23)35-15-2-16-39-26(35)33-32-17-19-3-5-20(6-4-19)25-31-18-36(34-25)22-9-13-24(14-10-22)38-27(28,29)30/h3-5,7-14,17-18,20H,2,6,15-16H2,1H3. The van der Waals surface area contributed by atoms with Gasteiger partial charge in [0, 0.05) is 23.9 Å². The molecule has 1 aromatic heterocycles. The molecule has 1 fully saturated rings. The summed E-state index contributed by atoms with van der Waals surface area (Å²) in [7, 11) is 1.65. The van der Waals surface area contributed by atoms with Crippen LogP contribution in [-0.4, -0.2) is 51.9 Å². The van der Waals surface area contributed by atoms with E-state index in [0.29, 0.717) is 17.9 Å². The molecule has 0 saturated carbocycles. The van der Waals surface area contributed by atoms with Gasteiger partial charge in [-0.05, 0) is 66.9 Å². The molecule has 5 rings (SSSR count). The molecule has 1 aliphatic carbocycles. The third-order valence-corrected chi connectivity index (χ3v) is 7.08. The summed E-state index contributed by atoms with van der Waals surface area (Å²) in [6.07, 6.45) is 6.30. The number of amidine groups is 1. The fourth-order valence-corrected chi connectivity index (χ4v) is 5.00. The van der Waals surface area contributed by atoms with E-state index in [0.717, 1.165) is 40.9 Å². The van der Waals surface area contributed by atoms with Crippen molar-refractivity contribution in [3.05, 3.63) is 84.5 Å². The number of rotatable bonds is 7. The van der Waals surface area contributed by atoms with Gasteiger partial charge in [-0.3, -0.25) is 0 Å². The summed E-state index contributed by atoms with van der Waals surface area (Å²) in [4.78, 5) is 6.54. The molecule has 1 atom stereocenters. The van der Waals surface area contributed by atoms with Crippen molar-refractivity contribution < 1.29 is 22.6 Å². The van der Waals surface area contributed by atoms with Crippen molar-refractivity contribution in [3.8, 4) is 17.2 Å². The van der Waals surface area contributed by atoms with Gasteiger partial charge >= 0.3 is 6.36 Å².